The summed E-state index contributed by atoms with van der Waals surface area (Å²) in [5.74, 6) is 1.68. The molecule has 5 rings (SSSR count). The van der Waals surface area contributed by atoms with E-state index in [1.165, 1.54) is 27.9 Å². The largest absolute Gasteiger partial charge is 0.497 e. The molecule has 0 spiro atoms. The highest BCUT2D eigenvalue weighted by Crippen LogP contribution is 2.33. The lowest BCUT2D eigenvalue weighted by atomic mass is 10.0. The first-order valence-electron chi connectivity index (χ1n) is 9.74. The monoisotopic (exact) mass is 394 g/mol. The first-order valence-corrected chi connectivity index (χ1v) is 10.6. The average molecular weight is 395 g/mol. The van der Waals surface area contributed by atoms with E-state index in [2.05, 4.69) is 36.1 Å². The Morgan fingerprint density at radius 1 is 1.25 bits per heavy atom. The van der Waals surface area contributed by atoms with Gasteiger partial charge in [-0.25, -0.2) is 14.5 Å². The van der Waals surface area contributed by atoms with Crippen LogP contribution in [-0.4, -0.2) is 39.3 Å². The molecule has 4 heterocycles. The van der Waals surface area contributed by atoms with E-state index in [4.69, 9.17) is 9.72 Å². The molecule has 1 N–H and O–H groups in total. The molecule has 6 nitrogen and oxygen atoms in total. The molecule has 0 radical (unpaired) electrons. The minimum absolute atomic E-state index is 0.649. The van der Waals surface area contributed by atoms with Crippen LogP contribution >= 0.6 is 11.3 Å². The molecule has 0 amide bonds. The van der Waals surface area contributed by atoms with E-state index in [9.17, 15) is 0 Å². The molecule has 0 fully saturated rings. The molecule has 0 saturated carbocycles. The highest BCUT2D eigenvalue weighted by Gasteiger charge is 2.27. The number of methoxy groups -OCH3 is 1. The second kappa shape index (κ2) is 6.83. The molecular weight excluding hydrogens is 370 g/mol. The Kier molecular flexibility index (Phi) is 4.29. The SMILES string of the molecule is COc1ccc(Cc2nc3c4c5c(sc4ncn3n2)C[NH+](C(C)C)CC5)cc1. The van der Waals surface area contributed by atoms with Crippen molar-refractivity contribution in [3.63, 3.8) is 0 Å². The fraction of sp³-hybridized carbons (Fsp3) is 0.381. The smallest absolute Gasteiger partial charge is 0.167 e. The average Bonchev–Trinajstić information content (AvgIpc) is 3.27. The number of hydrogen-bond donors (Lipinski definition) is 1. The number of ether oxygens (including phenoxy) is 1. The number of nitrogens with one attached hydrogen (secondary N) is 1. The van der Waals surface area contributed by atoms with Gasteiger partial charge in [-0.1, -0.05) is 12.1 Å². The van der Waals surface area contributed by atoms with Crippen LogP contribution in [0.3, 0.4) is 0 Å². The van der Waals surface area contributed by atoms with E-state index in [-0.39, 0.29) is 0 Å². The second-order valence-corrected chi connectivity index (χ2v) is 8.82. The number of thiophene rings is 1. The van der Waals surface area contributed by atoms with Gasteiger partial charge < -0.3 is 9.64 Å². The van der Waals surface area contributed by atoms with Crippen LogP contribution in [0.2, 0.25) is 0 Å². The zero-order valence-corrected chi connectivity index (χ0v) is 17.2. The normalized spacial score (nSPS) is 16.8. The summed E-state index contributed by atoms with van der Waals surface area (Å²) in [6.07, 6.45) is 3.59. The summed E-state index contributed by atoms with van der Waals surface area (Å²) in [6, 6.07) is 8.73. The molecule has 0 bridgehead atoms. The zero-order chi connectivity index (χ0) is 19.3. The third-order valence-electron chi connectivity index (χ3n) is 5.68. The van der Waals surface area contributed by atoms with Crippen molar-refractivity contribution in [1.82, 2.24) is 19.6 Å². The number of aromatic nitrogens is 4. The molecule has 1 aliphatic rings. The molecule has 1 aromatic carbocycles. The number of quaternary nitrogens is 1. The van der Waals surface area contributed by atoms with Gasteiger partial charge in [0, 0.05) is 12.8 Å². The molecule has 28 heavy (non-hydrogen) atoms. The van der Waals surface area contributed by atoms with Crippen LogP contribution in [0.5, 0.6) is 5.75 Å². The molecule has 1 unspecified atom stereocenters. The van der Waals surface area contributed by atoms with Crippen molar-refractivity contribution >= 4 is 27.2 Å². The number of rotatable bonds is 4. The summed E-state index contributed by atoms with van der Waals surface area (Å²) in [6.45, 7) is 6.86. The van der Waals surface area contributed by atoms with Crippen molar-refractivity contribution in [2.45, 2.75) is 39.3 Å². The summed E-state index contributed by atoms with van der Waals surface area (Å²) in [5.41, 5.74) is 3.55. The predicted octanol–water partition coefficient (Wildman–Crippen LogP) is 2.29. The topological polar surface area (TPSA) is 56.8 Å². The van der Waals surface area contributed by atoms with Crippen LogP contribution in [0, 0.1) is 0 Å². The maximum Gasteiger partial charge on any atom is 0.167 e. The van der Waals surface area contributed by atoms with Crippen LogP contribution in [0.15, 0.2) is 30.6 Å². The minimum Gasteiger partial charge on any atom is -0.497 e. The highest BCUT2D eigenvalue weighted by atomic mass is 32.1. The van der Waals surface area contributed by atoms with Gasteiger partial charge in [0.25, 0.3) is 0 Å². The summed E-state index contributed by atoms with van der Waals surface area (Å²) in [7, 11) is 1.68. The van der Waals surface area contributed by atoms with Crippen LogP contribution < -0.4 is 9.64 Å². The van der Waals surface area contributed by atoms with Crippen molar-refractivity contribution in [3.8, 4) is 5.75 Å². The maximum absolute atomic E-state index is 5.24. The fourth-order valence-electron chi connectivity index (χ4n) is 4.03. The van der Waals surface area contributed by atoms with Gasteiger partial charge in [-0.15, -0.1) is 16.4 Å². The zero-order valence-electron chi connectivity index (χ0n) is 16.4. The molecule has 1 atom stereocenters. The fourth-order valence-corrected chi connectivity index (χ4v) is 5.26. The van der Waals surface area contributed by atoms with Crippen molar-refractivity contribution in [2.75, 3.05) is 13.7 Å². The Hall–Kier alpha value is -2.51. The number of fused-ring (bicyclic) bond motifs is 5. The Labute approximate surface area is 167 Å². The summed E-state index contributed by atoms with van der Waals surface area (Å²) < 4.78 is 7.08. The molecule has 3 aromatic heterocycles. The molecule has 0 aliphatic carbocycles. The van der Waals surface area contributed by atoms with Crippen molar-refractivity contribution in [3.05, 3.63) is 52.4 Å². The van der Waals surface area contributed by atoms with Gasteiger partial charge in [-0.3, -0.25) is 0 Å². The Morgan fingerprint density at radius 3 is 2.82 bits per heavy atom. The minimum atomic E-state index is 0.649. The van der Waals surface area contributed by atoms with Crippen LogP contribution in [0.4, 0.5) is 0 Å². The second-order valence-electron chi connectivity index (χ2n) is 7.74. The van der Waals surface area contributed by atoms with Gasteiger partial charge >= 0.3 is 0 Å². The first kappa shape index (κ1) is 17.6. The van der Waals surface area contributed by atoms with Crippen molar-refractivity contribution < 1.29 is 9.64 Å². The molecule has 7 heteroatoms. The van der Waals surface area contributed by atoms with E-state index >= 15 is 0 Å². The number of nitrogens with zero attached hydrogens (tertiary/aromatic N) is 4. The van der Waals surface area contributed by atoms with Crippen LogP contribution in [-0.2, 0) is 19.4 Å². The van der Waals surface area contributed by atoms with Crippen molar-refractivity contribution in [1.29, 1.82) is 0 Å². The summed E-state index contributed by atoms with van der Waals surface area (Å²) in [5, 5.41) is 5.89. The Bertz CT molecular complexity index is 1150. The molecule has 4 aromatic rings. The maximum atomic E-state index is 5.24. The number of benzene rings is 1. The van der Waals surface area contributed by atoms with E-state index in [1.807, 2.05) is 28.0 Å². The standard InChI is InChI=1S/C21H23N5OS/c1-13(2)25-9-8-16-17(11-25)28-21-19(16)20-23-18(24-26(20)12-22-21)10-14-4-6-15(27-3)7-5-14/h4-7,12-13H,8-11H2,1-3H3/p+1. The van der Waals surface area contributed by atoms with Gasteiger partial charge in [0.2, 0.25) is 0 Å². The van der Waals surface area contributed by atoms with Crippen LogP contribution in [0.1, 0.15) is 35.7 Å². The third-order valence-corrected chi connectivity index (χ3v) is 6.82. The van der Waals surface area contributed by atoms with E-state index in [0.29, 0.717) is 12.5 Å². The van der Waals surface area contributed by atoms with Crippen molar-refractivity contribution in [2.24, 2.45) is 0 Å². The van der Waals surface area contributed by atoms with Gasteiger partial charge in [-0.05, 0) is 37.1 Å². The molecule has 0 saturated heterocycles. The molecule has 144 valence electrons. The van der Waals surface area contributed by atoms with Gasteiger partial charge in [0.15, 0.2) is 11.5 Å². The Balaban J connectivity index is 1.53. The molecular formula is C21H24N5OS+. The lowest BCUT2D eigenvalue weighted by Gasteiger charge is -2.27. The lowest BCUT2D eigenvalue weighted by molar-refractivity contribution is -0.936. The lowest BCUT2D eigenvalue weighted by Crippen LogP contribution is -3.14. The number of hydrogen-bond acceptors (Lipinski definition) is 5. The van der Waals surface area contributed by atoms with Crippen LogP contribution in [0.25, 0.3) is 15.9 Å². The summed E-state index contributed by atoms with van der Waals surface area (Å²) >= 11 is 1.83. The molecule has 1 aliphatic heterocycles. The Morgan fingerprint density at radius 2 is 2.07 bits per heavy atom. The van der Waals surface area contributed by atoms with Gasteiger partial charge in [0.05, 0.1) is 30.0 Å². The highest BCUT2D eigenvalue weighted by molar-refractivity contribution is 7.19. The quantitative estimate of drug-likeness (QED) is 0.577. The van der Waals surface area contributed by atoms with E-state index in [1.54, 1.807) is 18.3 Å². The third kappa shape index (κ3) is 2.95. The van der Waals surface area contributed by atoms with E-state index in [0.717, 1.165) is 35.0 Å². The first-order chi connectivity index (χ1) is 13.6. The van der Waals surface area contributed by atoms with E-state index < -0.39 is 0 Å². The predicted molar refractivity (Wildman–Crippen MR) is 110 cm³/mol. The van der Waals surface area contributed by atoms with Gasteiger partial charge in [0.1, 0.15) is 23.5 Å². The van der Waals surface area contributed by atoms with Gasteiger partial charge in [-0.2, -0.15) is 0 Å². The summed E-state index contributed by atoms with van der Waals surface area (Å²) in [4.78, 5) is 13.8.